The van der Waals surface area contributed by atoms with Gasteiger partial charge in [0.25, 0.3) is 11.8 Å². The van der Waals surface area contributed by atoms with E-state index >= 15 is 0 Å². The fourth-order valence-corrected chi connectivity index (χ4v) is 3.62. The van der Waals surface area contributed by atoms with Crippen LogP contribution in [0.2, 0.25) is 5.02 Å². The quantitative estimate of drug-likeness (QED) is 0.373. The van der Waals surface area contributed by atoms with E-state index in [9.17, 15) is 24.3 Å². The molecule has 33 heavy (non-hydrogen) atoms. The number of nitrogens with two attached hydrogens (primary N) is 1. The number of nitrogens with one attached hydrogen (secondary N) is 2. The number of amides is 3. The van der Waals surface area contributed by atoms with Gasteiger partial charge in [-0.25, -0.2) is 0 Å². The van der Waals surface area contributed by atoms with Crippen LogP contribution in [0, 0.1) is 11.3 Å². The van der Waals surface area contributed by atoms with E-state index in [4.69, 9.17) is 22.7 Å². The van der Waals surface area contributed by atoms with Crippen molar-refractivity contribution < 1.29 is 24.3 Å². The first kappa shape index (κ1) is 23.7. The van der Waals surface area contributed by atoms with Crippen molar-refractivity contribution in [1.82, 2.24) is 4.90 Å². The molecule has 0 aliphatic carbocycles. The normalized spacial score (nSPS) is 14.4. The molecular weight excluding hydrogens is 450 g/mol. The third-order valence-corrected chi connectivity index (χ3v) is 5.70. The van der Waals surface area contributed by atoms with Gasteiger partial charge in [-0.2, -0.15) is 0 Å². The number of amidine groups is 1. The second-order valence-corrected chi connectivity index (χ2v) is 8.02. The average molecular weight is 472 g/mol. The summed E-state index contributed by atoms with van der Waals surface area (Å²) in [6.07, 6.45) is 0. The second kappa shape index (κ2) is 9.29. The third-order valence-electron chi connectivity index (χ3n) is 5.30. The SMILES string of the molecule is CC(CN1CC(=O)N(C)c2ccc(NC(=O)c3ccc(C(=N)N)cc3)c(Cl)c2C1=O)C(=O)O. The molecule has 0 fully saturated rings. The molecule has 2 aromatic carbocycles. The van der Waals surface area contributed by atoms with Gasteiger partial charge < -0.3 is 26.0 Å². The summed E-state index contributed by atoms with van der Waals surface area (Å²) < 4.78 is 0. The van der Waals surface area contributed by atoms with Gasteiger partial charge in [0.15, 0.2) is 0 Å². The number of aliphatic carboxylic acids is 1. The van der Waals surface area contributed by atoms with Gasteiger partial charge in [-0.1, -0.05) is 30.7 Å². The molecule has 0 aromatic heterocycles. The monoisotopic (exact) mass is 471 g/mol. The van der Waals surface area contributed by atoms with E-state index in [1.54, 1.807) is 0 Å². The molecular formula is C22H22ClN5O5. The van der Waals surface area contributed by atoms with Crippen LogP contribution < -0.4 is 16.0 Å². The van der Waals surface area contributed by atoms with Crippen LogP contribution in [-0.2, 0) is 9.59 Å². The first-order valence-electron chi connectivity index (χ1n) is 9.88. The largest absolute Gasteiger partial charge is 0.481 e. The Morgan fingerprint density at radius 2 is 1.79 bits per heavy atom. The first-order chi connectivity index (χ1) is 15.5. The average Bonchev–Trinajstić information content (AvgIpc) is 2.86. The molecule has 10 nitrogen and oxygen atoms in total. The maximum atomic E-state index is 13.2. The van der Waals surface area contributed by atoms with Crippen molar-refractivity contribution in [2.75, 3.05) is 30.4 Å². The number of nitrogens with zero attached hydrogens (tertiary/aromatic N) is 2. The zero-order valence-corrected chi connectivity index (χ0v) is 18.6. The molecule has 1 unspecified atom stereocenters. The topological polar surface area (TPSA) is 157 Å². The fraction of sp³-hybridized carbons (Fsp3) is 0.227. The van der Waals surface area contributed by atoms with Gasteiger partial charge in [-0.15, -0.1) is 0 Å². The lowest BCUT2D eigenvalue weighted by molar-refractivity contribution is -0.141. The number of rotatable bonds is 6. The Morgan fingerprint density at radius 1 is 1.18 bits per heavy atom. The van der Waals surface area contributed by atoms with Crippen molar-refractivity contribution in [3.05, 3.63) is 58.1 Å². The highest BCUT2D eigenvalue weighted by atomic mass is 35.5. The van der Waals surface area contributed by atoms with Crippen molar-refractivity contribution in [1.29, 1.82) is 5.41 Å². The zero-order chi connectivity index (χ0) is 24.4. The lowest BCUT2D eigenvalue weighted by atomic mass is 10.1. The summed E-state index contributed by atoms with van der Waals surface area (Å²) in [4.78, 5) is 52.2. The van der Waals surface area contributed by atoms with Gasteiger partial charge in [-0.3, -0.25) is 24.6 Å². The van der Waals surface area contributed by atoms with E-state index < -0.39 is 29.6 Å². The number of carbonyl (C=O) groups is 4. The van der Waals surface area contributed by atoms with E-state index in [2.05, 4.69) is 5.32 Å². The number of carbonyl (C=O) groups excluding carboxylic acids is 3. The molecule has 0 saturated carbocycles. The highest BCUT2D eigenvalue weighted by molar-refractivity contribution is 6.38. The van der Waals surface area contributed by atoms with Crippen molar-refractivity contribution in [2.24, 2.45) is 11.7 Å². The van der Waals surface area contributed by atoms with Crippen LogP contribution in [0.15, 0.2) is 36.4 Å². The summed E-state index contributed by atoms with van der Waals surface area (Å²) in [6, 6.07) is 9.03. The van der Waals surface area contributed by atoms with Gasteiger partial charge in [0, 0.05) is 24.7 Å². The molecule has 1 aliphatic heterocycles. The molecule has 172 valence electrons. The summed E-state index contributed by atoms with van der Waals surface area (Å²) in [5, 5.41) is 19.2. The lowest BCUT2D eigenvalue weighted by Gasteiger charge is -2.22. The van der Waals surface area contributed by atoms with E-state index in [-0.39, 0.29) is 46.4 Å². The van der Waals surface area contributed by atoms with E-state index in [1.165, 1.54) is 55.3 Å². The smallest absolute Gasteiger partial charge is 0.308 e. The minimum absolute atomic E-state index is 0.00710. The summed E-state index contributed by atoms with van der Waals surface area (Å²) in [7, 11) is 1.49. The van der Waals surface area contributed by atoms with Crippen molar-refractivity contribution in [2.45, 2.75) is 6.92 Å². The predicted octanol–water partition coefficient (Wildman–Crippen LogP) is 2.02. The molecule has 1 atom stereocenters. The molecule has 0 saturated heterocycles. The summed E-state index contributed by atoms with van der Waals surface area (Å²) in [6.45, 7) is 0.954. The Balaban J connectivity index is 1.95. The maximum Gasteiger partial charge on any atom is 0.308 e. The van der Waals surface area contributed by atoms with E-state index in [0.717, 1.165) is 4.90 Å². The number of hydrogen-bond acceptors (Lipinski definition) is 5. The van der Waals surface area contributed by atoms with Crippen LogP contribution in [0.1, 0.15) is 33.2 Å². The number of hydrogen-bond donors (Lipinski definition) is 4. The molecule has 3 rings (SSSR count). The van der Waals surface area contributed by atoms with Crippen LogP contribution >= 0.6 is 11.6 Å². The number of nitrogen functional groups attached to an aromatic ring is 1. The molecule has 2 aromatic rings. The van der Waals surface area contributed by atoms with Crippen LogP contribution in [0.3, 0.4) is 0 Å². The minimum Gasteiger partial charge on any atom is -0.481 e. The van der Waals surface area contributed by atoms with Crippen molar-refractivity contribution in [3.8, 4) is 0 Å². The van der Waals surface area contributed by atoms with E-state index in [1.807, 2.05) is 0 Å². The second-order valence-electron chi connectivity index (χ2n) is 7.64. The van der Waals surface area contributed by atoms with Gasteiger partial charge in [-0.05, 0) is 24.3 Å². The Hall–Kier alpha value is -3.92. The Labute approximate surface area is 194 Å². The Morgan fingerprint density at radius 3 is 2.36 bits per heavy atom. The molecule has 3 amide bonds. The molecule has 1 heterocycles. The zero-order valence-electron chi connectivity index (χ0n) is 17.9. The molecule has 0 radical (unpaired) electrons. The number of carboxylic acid groups (broad SMARTS) is 1. The van der Waals surface area contributed by atoms with Crippen LogP contribution in [0.5, 0.6) is 0 Å². The summed E-state index contributed by atoms with van der Waals surface area (Å²) in [5.74, 6) is -3.64. The van der Waals surface area contributed by atoms with E-state index in [0.29, 0.717) is 5.56 Å². The Bertz CT molecular complexity index is 1160. The standard InChI is InChI=1S/C22H22ClN5O5/c1-11(22(32)33)9-28-10-16(29)27(2)15-8-7-14(18(23)17(15)21(28)31)26-20(30)13-5-3-12(4-6-13)19(24)25/h3-8,11H,9-10H2,1-2H3,(H3,24,25)(H,26,30)(H,32,33). The predicted molar refractivity (Wildman–Crippen MR) is 123 cm³/mol. The number of anilines is 2. The van der Waals surface area contributed by atoms with Crippen LogP contribution in [0.4, 0.5) is 11.4 Å². The fourth-order valence-electron chi connectivity index (χ4n) is 3.33. The summed E-state index contributed by atoms with van der Waals surface area (Å²) in [5.41, 5.74) is 6.56. The first-order valence-corrected chi connectivity index (χ1v) is 10.3. The number of carboxylic acids is 1. The third kappa shape index (κ3) is 4.80. The highest BCUT2D eigenvalue weighted by Crippen LogP contribution is 2.36. The molecule has 0 bridgehead atoms. The number of halogens is 1. The van der Waals surface area contributed by atoms with Gasteiger partial charge in [0.05, 0.1) is 27.9 Å². The highest BCUT2D eigenvalue weighted by Gasteiger charge is 2.34. The van der Waals surface area contributed by atoms with Crippen molar-refractivity contribution >= 4 is 52.5 Å². The Kier molecular flexibility index (Phi) is 6.68. The van der Waals surface area contributed by atoms with Crippen LogP contribution in [-0.4, -0.2) is 59.7 Å². The molecule has 5 N–H and O–H groups in total. The number of likely N-dealkylation sites (N-methyl/N-ethyl adjacent to an activating group) is 1. The van der Waals surface area contributed by atoms with Crippen molar-refractivity contribution in [3.63, 3.8) is 0 Å². The maximum absolute atomic E-state index is 13.2. The molecule has 0 spiro atoms. The molecule has 1 aliphatic rings. The van der Waals surface area contributed by atoms with Gasteiger partial charge in [0.1, 0.15) is 12.4 Å². The molecule has 11 heteroatoms. The van der Waals surface area contributed by atoms with Gasteiger partial charge >= 0.3 is 5.97 Å². The van der Waals surface area contributed by atoms with Crippen LogP contribution in [0.25, 0.3) is 0 Å². The number of benzene rings is 2. The number of fused-ring (bicyclic) bond motifs is 1. The minimum atomic E-state index is -1.10. The lowest BCUT2D eigenvalue weighted by Crippen LogP contribution is -2.41. The van der Waals surface area contributed by atoms with Gasteiger partial charge in [0.2, 0.25) is 5.91 Å². The summed E-state index contributed by atoms with van der Waals surface area (Å²) >= 11 is 6.51.